The molecule has 0 aliphatic carbocycles. The van der Waals surface area contributed by atoms with Gasteiger partial charge in [-0.3, -0.25) is 0 Å². The highest BCUT2D eigenvalue weighted by Gasteiger charge is 2.30. The maximum Gasteiger partial charge on any atom is 0.416 e. The zero-order valence-corrected chi connectivity index (χ0v) is 23.6. The number of anilines is 4. The first-order valence-corrected chi connectivity index (χ1v) is 14.0. The summed E-state index contributed by atoms with van der Waals surface area (Å²) in [6.45, 7) is 6.18. The predicted molar refractivity (Wildman–Crippen MR) is 157 cm³/mol. The molecule has 4 aromatic rings. The SMILES string of the molecule is CCCCc1ccc(-c2nc(Nc3ccc(C(F)(F)F)cc3)nc(N3CCN(c4ncccc4Cl)C[C@H]3C)n2)cc1. The second-order valence-corrected chi connectivity index (χ2v) is 10.5. The second kappa shape index (κ2) is 12.3. The van der Waals surface area contributed by atoms with Gasteiger partial charge in [0, 0.05) is 43.1 Å². The molecule has 3 heterocycles. The molecule has 2 aromatic heterocycles. The molecule has 0 radical (unpaired) electrons. The Kier molecular flexibility index (Phi) is 8.58. The van der Waals surface area contributed by atoms with Crippen molar-refractivity contribution in [3.8, 4) is 11.4 Å². The third kappa shape index (κ3) is 6.87. The number of piperazine rings is 1. The van der Waals surface area contributed by atoms with Gasteiger partial charge in [0.05, 0.1) is 10.6 Å². The summed E-state index contributed by atoms with van der Waals surface area (Å²) in [5, 5.41) is 3.67. The van der Waals surface area contributed by atoms with Gasteiger partial charge in [0.1, 0.15) is 5.82 Å². The van der Waals surface area contributed by atoms with Gasteiger partial charge in [0.2, 0.25) is 11.9 Å². The van der Waals surface area contributed by atoms with Crippen LogP contribution in [0.15, 0.2) is 66.9 Å². The monoisotopic (exact) mass is 581 g/mol. The number of hydrogen-bond donors (Lipinski definition) is 1. The van der Waals surface area contributed by atoms with Crippen molar-refractivity contribution in [2.24, 2.45) is 0 Å². The smallest absolute Gasteiger partial charge is 0.352 e. The van der Waals surface area contributed by atoms with Crippen LogP contribution in [0.1, 0.15) is 37.8 Å². The molecule has 1 saturated heterocycles. The Bertz CT molecular complexity index is 1460. The van der Waals surface area contributed by atoms with Crippen LogP contribution < -0.4 is 15.1 Å². The van der Waals surface area contributed by atoms with Crippen molar-refractivity contribution in [1.82, 2.24) is 19.9 Å². The van der Waals surface area contributed by atoms with Gasteiger partial charge < -0.3 is 15.1 Å². The predicted octanol–water partition coefficient (Wildman–Crippen LogP) is 7.41. The van der Waals surface area contributed by atoms with Gasteiger partial charge in [-0.2, -0.15) is 28.1 Å². The van der Waals surface area contributed by atoms with E-state index in [1.54, 1.807) is 12.3 Å². The minimum Gasteiger partial charge on any atom is -0.352 e. The highest BCUT2D eigenvalue weighted by molar-refractivity contribution is 6.32. The third-order valence-corrected chi connectivity index (χ3v) is 7.34. The molecule has 11 heteroatoms. The number of alkyl halides is 3. The second-order valence-electron chi connectivity index (χ2n) is 10.1. The van der Waals surface area contributed by atoms with E-state index >= 15 is 0 Å². The van der Waals surface area contributed by atoms with Gasteiger partial charge in [0.25, 0.3) is 0 Å². The summed E-state index contributed by atoms with van der Waals surface area (Å²) in [6.07, 6.45) is 0.554. The van der Waals surface area contributed by atoms with Crippen LogP contribution in [0, 0.1) is 0 Å². The molecular formula is C30H31ClF3N7. The molecule has 214 valence electrons. The fourth-order valence-corrected chi connectivity index (χ4v) is 5.05. The molecule has 41 heavy (non-hydrogen) atoms. The van der Waals surface area contributed by atoms with Crippen LogP contribution >= 0.6 is 11.6 Å². The van der Waals surface area contributed by atoms with Crippen molar-refractivity contribution in [3.63, 3.8) is 0 Å². The van der Waals surface area contributed by atoms with Gasteiger partial charge in [-0.05, 0) is 61.7 Å². The Morgan fingerprint density at radius 3 is 2.39 bits per heavy atom. The van der Waals surface area contributed by atoms with Crippen molar-refractivity contribution in [2.75, 3.05) is 34.8 Å². The summed E-state index contributed by atoms with van der Waals surface area (Å²) in [4.78, 5) is 22.8. The Labute approximate surface area is 242 Å². The fraction of sp³-hybridized carbons (Fsp3) is 0.333. The van der Waals surface area contributed by atoms with Gasteiger partial charge in [0.15, 0.2) is 5.82 Å². The number of benzene rings is 2. The lowest BCUT2D eigenvalue weighted by Gasteiger charge is -2.40. The van der Waals surface area contributed by atoms with Gasteiger partial charge in [-0.15, -0.1) is 0 Å². The minimum atomic E-state index is -4.41. The van der Waals surface area contributed by atoms with Crippen molar-refractivity contribution < 1.29 is 13.2 Å². The van der Waals surface area contributed by atoms with E-state index in [0.29, 0.717) is 42.1 Å². The van der Waals surface area contributed by atoms with Crippen molar-refractivity contribution in [1.29, 1.82) is 0 Å². The summed E-state index contributed by atoms with van der Waals surface area (Å²) in [5.74, 6) is 1.96. The largest absolute Gasteiger partial charge is 0.416 e. The van der Waals surface area contributed by atoms with Crippen LogP contribution in [0.5, 0.6) is 0 Å². The molecule has 1 N–H and O–H groups in total. The van der Waals surface area contributed by atoms with E-state index in [1.807, 2.05) is 18.2 Å². The van der Waals surface area contributed by atoms with E-state index < -0.39 is 11.7 Å². The summed E-state index contributed by atoms with van der Waals surface area (Å²) < 4.78 is 39.2. The lowest BCUT2D eigenvalue weighted by Crippen LogP contribution is -2.53. The van der Waals surface area contributed by atoms with Crippen LogP contribution in [-0.2, 0) is 12.6 Å². The normalized spacial score (nSPS) is 15.7. The van der Waals surface area contributed by atoms with Gasteiger partial charge in [-0.25, -0.2) is 4.98 Å². The Hall–Kier alpha value is -3.92. The van der Waals surface area contributed by atoms with Crippen molar-refractivity contribution >= 4 is 35.0 Å². The third-order valence-electron chi connectivity index (χ3n) is 7.05. The zero-order chi connectivity index (χ0) is 29.0. The molecule has 0 amide bonds. The number of hydrogen-bond acceptors (Lipinski definition) is 7. The Morgan fingerprint density at radius 2 is 1.73 bits per heavy atom. The molecule has 0 bridgehead atoms. The van der Waals surface area contributed by atoms with Gasteiger partial charge in [-0.1, -0.05) is 49.2 Å². The molecule has 1 aliphatic rings. The van der Waals surface area contributed by atoms with Crippen LogP contribution in [0.25, 0.3) is 11.4 Å². The number of pyridine rings is 1. The molecular weight excluding hydrogens is 551 g/mol. The number of unbranched alkanes of at least 4 members (excludes halogenated alkanes) is 1. The summed E-state index contributed by atoms with van der Waals surface area (Å²) >= 11 is 6.40. The van der Waals surface area contributed by atoms with Crippen LogP contribution in [-0.4, -0.2) is 45.6 Å². The summed E-state index contributed by atoms with van der Waals surface area (Å²) in [7, 11) is 0. The maximum atomic E-state index is 13.1. The highest BCUT2D eigenvalue weighted by atomic mass is 35.5. The van der Waals surface area contributed by atoms with Crippen LogP contribution in [0.2, 0.25) is 5.02 Å². The van der Waals surface area contributed by atoms with E-state index in [-0.39, 0.29) is 12.0 Å². The first kappa shape index (κ1) is 28.6. The lowest BCUT2D eigenvalue weighted by molar-refractivity contribution is -0.137. The molecule has 2 aromatic carbocycles. The van der Waals surface area contributed by atoms with E-state index in [2.05, 4.69) is 56.0 Å². The topological polar surface area (TPSA) is 70.1 Å². The standard InChI is InChI=1S/C30H31ClF3N7/c1-3-4-6-21-8-10-22(11-9-21)26-37-28(36-24-14-12-23(13-15-24)30(32,33)34)39-29(38-26)41-18-17-40(19-20(41)2)27-25(31)7-5-16-35-27/h5,7-16,20H,3-4,6,17-19H2,1-2H3,(H,36,37,38,39)/t20-/m1/s1. The summed E-state index contributed by atoms with van der Waals surface area (Å²) in [5.41, 5.74) is 1.79. The number of nitrogens with zero attached hydrogens (tertiary/aromatic N) is 6. The molecule has 1 fully saturated rings. The Balaban J connectivity index is 1.44. The first-order chi connectivity index (χ1) is 19.7. The molecule has 1 atom stereocenters. The van der Waals surface area contributed by atoms with Crippen molar-refractivity contribution in [3.05, 3.63) is 83.0 Å². The molecule has 7 nitrogen and oxygen atoms in total. The zero-order valence-electron chi connectivity index (χ0n) is 22.9. The molecule has 1 aliphatic heterocycles. The van der Waals surface area contributed by atoms with Crippen LogP contribution in [0.4, 0.5) is 36.6 Å². The molecule has 0 saturated carbocycles. The average molecular weight is 582 g/mol. The quantitative estimate of drug-likeness (QED) is 0.232. The maximum absolute atomic E-state index is 13.1. The number of aryl methyl sites for hydroxylation is 1. The average Bonchev–Trinajstić information content (AvgIpc) is 2.96. The van der Waals surface area contributed by atoms with Gasteiger partial charge >= 0.3 is 6.18 Å². The molecule has 0 unspecified atom stereocenters. The minimum absolute atomic E-state index is 0.0208. The highest BCUT2D eigenvalue weighted by Crippen LogP contribution is 2.31. The Morgan fingerprint density at radius 1 is 0.976 bits per heavy atom. The van der Waals surface area contributed by atoms with E-state index in [0.717, 1.165) is 42.8 Å². The number of rotatable bonds is 8. The fourth-order valence-electron chi connectivity index (χ4n) is 4.81. The van der Waals surface area contributed by atoms with E-state index in [4.69, 9.17) is 16.6 Å². The van der Waals surface area contributed by atoms with Crippen molar-refractivity contribution in [2.45, 2.75) is 45.3 Å². The number of halogens is 4. The van der Waals surface area contributed by atoms with E-state index in [1.165, 1.54) is 17.7 Å². The first-order valence-electron chi connectivity index (χ1n) is 13.6. The number of aromatic nitrogens is 4. The molecule has 0 spiro atoms. The van der Waals surface area contributed by atoms with E-state index in [9.17, 15) is 13.2 Å². The molecule has 5 rings (SSSR count). The summed E-state index contributed by atoms with van der Waals surface area (Å²) in [6, 6.07) is 16.6. The lowest BCUT2D eigenvalue weighted by atomic mass is 10.1. The number of nitrogens with one attached hydrogen (secondary N) is 1. The van der Waals surface area contributed by atoms with Crippen LogP contribution in [0.3, 0.4) is 0 Å².